The number of aromatic nitrogens is 2. The standard InChI is InChI=1S/C16H16N4O5/c1-18(2)14-12(16(22)25-4)11-13(17-14)9-7-8(20(23)24)5-6-10(9)19(3)15(11)21/h5-7,17H,1-4H3. The van der Waals surface area contributed by atoms with E-state index in [1.165, 1.54) is 29.9 Å². The minimum absolute atomic E-state index is 0.104. The molecule has 9 heteroatoms. The Hall–Kier alpha value is -3.36. The van der Waals surface area contributed by atoms with Gasteiger partial charge in [-0.05, 0) is 6.07 Å². The predicted molar refractivity (Wildman–Crippen MR) is 93.4 cm³/mol. The van der Waals surface area contributed by atoms with Crippen LogP contribution < -0.4 is 10.5 Å². The van der Waals surface area contributed by atoms with Crippen LogP contribution in [0.4, 0.5) is 11.5 Å². The van der Waals surface area contributed by atoms with E-state index in [2.05, 4.69) is 4.98 Å². The van der Waals surface area contributed by atoms with Gasteiger partial charge >= 0.3 is 5.97 Å². The lowest BCUT2D eigenvalue weighted by atomic mass is 10.1. The third kappa shape index (κ3) is 2.32. The molecule has 0 atom stereocenters. The van der Waals surface area contributed by atoms with E-state index < -0.39 is 10.9 Å². The SMILES string of the molecule is COC(=O)c1c(N(C)C)[nH]c2c1c(=O)n(C)c1ccc([N+](=O)[O-])cc21. The van der Waals surface area contributed by atoms with Crippen LogP contribution >= 0.6 is 0 Å². The van der Waals surface area contributed by atoms with Gasteiger partial charge in [0, 0.05) is 38.7 Å². The third-order valence-corrected chi connectivity index (χ3v) is 4.16. The molecular formula is C16H16N4O5. The number of aryl methyl sites for hydroxylation is 1. The number of methoxy groups -OCH3 is 1. The van der Waals surface area contributed by atoms with Gasteiger partial charge in [0.05, 0.1) is 28.5 Å². The zero-order chi connectivity index (χ0) is 18.5. The molecule has 2 aromatic heterocycles. The molecule has 2 heterocycles. The number of benzene rings is 1. The second kappa shape index (κ2) is 5.62. The van der Waals surface area contributed by atoms with Crippen molar-refractivity contribution >= 4 is 39.3 Å². The molecule has 0 saturated carbocycles. The Morgan fingerprint density at radius 3 is 2.60 bits per heavy atom. The number of anilines is 1. The summed E-state index contributed by atoms with van der Waals surface area (Å²) in [4.78, 5) is 40.4. The smallest absolute Gasteiger partial charge is 0.342 e. The van der Waals surface area contributed by atoms with Crippen LogP contribution in [0.15, 0.2) is 23.0 Å². The number of aromatic amines is 1. The number of non-ortho nitro benzene ring substituents is 1. The molecule has 25 heavy (non-hydrogen) atoms. The summed E-state index contributed by atoms with van der Waals surface area (Å²) in [5.41, 5.74) is 0.502. The van der Waals surface area contributed by atoms with Crippen molar-refractivity contribution in [1.29, 1.82) is 0 Å². The van der Waals surface area contributed by atoms with E-state index in [0.717, 1.165) is 0 Å². The number of hydrogen-bond acceptors (Lipinski definition) is 6. The predicted octanol–water partition coefficient (Wildman–Crippen LogP) is 1.78. The van der Waals surface area contributed by atoms with E-state index in [1.807, 2.05) is 0 Å². The van der Waals surface area contributed by atoms with Crippen LogP contribution in [0.25, 0.3) is 21.8 Å². The minimum atomic E-state index is -0.656. The number of nitrogens with zero attached hydrogens (tertiary/aromatic N) is 3. The highest BCUT2D eigenvalue weighted by Gasteiger charge is 2.26. The number of pyridine rings is 1. The molecule has 0 amide bonds. The molecule has 0 fully saturated rings. The maximum Gasteiger partial charge on any atom is 0.342 e. The van der Waals surface area contributed by atoms with Gasteiger partial charge in [-0.15, -0.1) is 0 Å². The fourth-order valence-electron chi connectivity index (χ4n) is 2.95. The van der Waals surface area contributed by atoms with Gasteiger partial charge in [-0.1, -0.05) is 0 Å². The lowest BCUT2D eigenvalue weighted by molar-refractivity contribution is -0.384. The van der Waals surface area contributed by atoms with Crippen LogP contribution in [-0.4, -0.2) is 41.6 Å². The number of carbonyl (C=O) groups is 1. The van der Waals surface area contributed by atoms with Crippen LogP contribution in [-0.2, 0) is 11.8 Å². The fourth-order valence-corrected chi connectivity index (χ4v) is 2.95. The first-order valence-corrected chi connectivity index (χ1v) is 7.36. The van der Waals surface area contributed by atoms with Crippen molar-refractivity contribution in [2.75, 3.05) is 26.1 Å². The summed E-state index contributed by atoms with van der Waals surface area (Å²) in [6.07, 6.45) is 0. The Bertz CT molecular complexity index is 1090. The Balaban J connectivity index is 2.59. The fraction of sp³-hybridized carbons (Fsp3) is 0.250. The molecule has 3 aromatic rings. The molecule has 1 N–H and O–H groups in total. The molecule has 1 aromatic carbocycles. The van der Waals surface area contributed by atoms with Crippen LogP contribution in [0.3, 0.4) is 0 Å². The molecule has 130 valence electrons. The van der Waals surface area contributed by atoms with Crippen LogP contribution in [0.5, 0.6) is 0 Å². The van der Waals surface area contributed by atoms with Gasteiger partial charge in [0.25, 0.3) is 11.2 Å². The molecule has 0 unspecified atom stereocenters. The molecule has 0 aliphatic carbocycles. The number of nitro groups is 1. The topological polar surface area (TPSA) is 110 Å². The summed E-state index contributed by atoms with van der Waals surface area (Å²) in [5, 5.41) is 11.7. The van der Waals surface area contributed by atoms with Crippen molar-refractivity contribution in [2.24, 2.45) is 7.05 Å². The Morgan fingerprint density at radius 1 is 1.36 bits per heavy atom. The van der Waals surface area contributed by atoms with Gasteiger partial charge in [0.2, 0.25) is 0 Å². The highest BCUT2D eigenvalue weighted by Crippen LogP contribution is 2.32. The number of fused-ring (bicyclic) bond motifs is 3. The number of nitrogens with one attached hydrogen (secondary N) is 1. The second-order valence-corrected chi connectivity index (χ2v) is 5.81. The summed E-state index contributed by atoms with van der Waals surface area (Å²) in [6, 6.07) is 4.24. The number of ether oxygens (including phenoxy) is 1. The number of H-pyrrole nitrogens is 1. The van der Waals surface area contributed by atoms with Crippen LogP contribution in [0, 0.1) is 10.1 Å². The first kappa shape index (κ1) is 16.5. The summed E-state index contributed by atoms with van der Waals surface area (Å²) in [6.45, 7) is 0. The largest absolute Gasteiger partial charge is 0.465 e. The lowest BCUT2D eigenvalue weighted by Gasteiger charge is -2.11. The Kier molecular flexibility index (Phi) is 3.71. The Morgan fingerprint density at radius 2 is 2.04 bits per heavy atom. The molecular weight excluding hydrogens is 328 g/mol. The lowest BCUT2D eigenvalue weighted by Crippen LogP contribution is -2.20. The molecule has 0 aliphatic rings. The summed E-state index contributed by atoms with van der Waals surface area (Å²) >= 11 is 0. The average molecular weight is 344 g/mol. The van der Waals surface area contributed by atoms with Gasteiger partial charge in [0.15, 0.2) is 0 Å². The molecule has 0 aliphatic heterocycles. The number of esters is 1. The normalized spacial score (nSPS) is 11.0. The first-order chi connectivity index (χ1) is 11.8. The van der Waals surface area contributed by atoms with Crippen molar-refractivity contribution in [2.45, 2.75) is 0 Å². The van der Waals surface area contributed by atoms with Gasteiger partial charge in [0.1, 0.15) is 11.4 Å². The van der Waals surface area contributed by atoms with Crippen LogP contribution in [0.2, 0.25) is 0 Å². The van der Waals surface area contributed by atoms with E-state index in [1.54, 1.807) is 26.0 Å². The van der Waals surface area contributed by atoms with Crippen molar-refractivity contribution in [3.8, 4) is 0 Å². The zero-order valence-corrected chi connectivity index (χ0v) is 14.1. The van der Waals surface area contributed by atoms with Gasteiger partial charge in [-0.3, -0.25) is 14.9 Å². The first-order valence-electron chi connectivity index (χ1n) is 7.36. The molecule has 3 rings (SSSR count). The molecule has 0 radical (unpaired) electrons. The number of hydrogen-bond donors (Lipinski definition) is 1. The average Bonchev–Trinajstić information content (AvgIpc) is 2.99. The number of carbonyl (C=O) groups excluding carboxylic acids is 1. The van der Waals surface area contributed by atoms with Gasteiger partial charge < -0.3 is 19.2 Å². The van der Waals surface area contributed by atoms with Crippen molar-refractivity contribution in [1.82, 2.24) is 9.55 Å². The second-order valence-electron chi connectivity index (χ2n) is 5.81. The highest BCUT2D eigenvalue weighted by atomic mass is 16.6. The molecule has 0 saturated heterocycles. The van der Waals surface area contributed by atoms with Crippen LogP contribution in [0.1, 0.15) is 10.4 Å². The van der Waals surface area contributed by atoms with E-state index in [9.17, 15) is 19.7 Å². The van der Waals surface area contributed by atoms with E-state index in [4.69, 9.17) is 4.74 Å². The molecule has 9 nitrogen and oxygen atoms in total. The van der Waals surface area contributed by atoms with Gasteiger partial charge in [-0.2, -0.15) is 0 Å². The molecule has 0 bridgehead atoms. The zero-order valence-electron chi connectivity index (χ0n) is 14.1. The van der Waals surface area contributed by atoms with Crippen molar-refractivity contribution in [3.63, 3.8) is 0 Å². The monoisotopic (exact) mass is 344 g/mol. The summed E-state index contributed by atoms with van der Waals surface area (Å²) in [5.74, 6) is -0.255. The summed E-state index contributed by atoms with van der Waals surface area (Å²) < 4.78 is 6.18. The third-order valence-electron chi connectivity index (χ3n) is 4.16. The van der Waals surface area contributed by atoms with E-state index >= 15 is 0 Å². The quantitative estimate of drug-likeness (QED) is 0.440. The highest BCUT2D eigenvalue weighted by molar-refractivity contribution is 6.15. The van der Waals surface area contributed by atoms with Gasteiger partial charge in [-0.25, -0.2) is 4.79 Å². The van der Waals surface area contributed by atoms with Crippen molar-refractivity contribution < 1.29 is 14.5 Å². The minimum Gasteiger partial charge on any atom is -0.465 e. The van der Waals surface area contributed by atoms with Crippen molar-refractivity contribution in [3.05, 3.63) is 44.2 Å². The number of rotatable bonds is 3. The number of nitro benzene ring substituents is 1. The summed E-state index contributed by atoms with van der Waals surface area (Å²) in [7, 11) is 6.22. The van der Waals surface area contributed by atoms with E-state index in [0.29, 0.717) is 22.2 Å². The Labute approximate surface area is 141 Å². The van der Waals surface area contributed by atoms with E-state index in [-0.39, 0.29) is 22.2 Å². The molecule has 0 spiro atoms. The maximum atomic E-state index is 12.8. The maximum absolute atomic E-state index is 12.8.